The van der Waals surface area contributed by atoms with Crippen molar-refractivity contribution in [1.82, 2.24) is 10.4 Å². The number of amides is 2. The standard InChI is InChI=1S/C10H9BrN4O2/c11-6-1-3-8(12-5-6)13-10(17)7-2-4-9(16)15-14-7/h1,3,5H,2,4H2,(H,15,16)(H,12,13,17). The van der Waals surface area contributed by atoms with E-state index in [0.717, 1.165) is 4.47 Å². The van der Waals surface area contributed by atoms with Gasteiger partial charge in [0.15, 0.2) is 0 Å². The number of nitrogens with one attached hydrogen (secondary N) is 2. The topological polar surface area (TPSA) is 83.5 Å². The van der Waals surface area contributed by atoms with Crippen molar-refractivity contribution in [2.45, 2.75) is 12.8 Å². The zero-order valence-electron chi connectivity index (χ0n) is 8.74. The van der Waals surface area contributed by atoms with Gasteiger partial charge < -0.3 is 5.32 Å². The summed E-state index contributed by atoms with van der Waals surface area (Å²) in [5.74, 6) is -0.0825. The molecule has 1 aromatic rings. The number of carbonyl (C=O) groups is 2. The van der Waals surface area contributed by atoms with Gasteiger partial charge in [0.2, 0.25) is 5.91 Å². The van der Waals surface area contributed by atoms with Gasteiger partial charge in [0.05, 0.1) is 0 Å². The molecule has 7 heteroatoms. The lowest BCUT2D eigenvalue weighted by Gasteiger charge is -2.11. The van der Waals surface area contributed by atoms with Crippen molar-refractivity contribution in [3.8, 4) is 0 Å². The average Bonchev–Trinajstić information content (AvgIpc) is 2.33. The highest BCUT2D eigenvalue weighted by atomic mass is 79.9. The number of aromatic nitrogens is 1. The molecule has 0 spiro atoms. The third-order valence-corrected chi connectivity index (χ3v) is 2.60. The van der Waals surface area contributed by atoms with Crippen LogP contribution in [0.25, 0.3) is 0 Å². The largest absolute Gasteiger partial charge is 0.305 e. The maximum absolute atomic E-state index is 11.7. The minimum absolute atomic E-state index is 0.177. The quantitative estimate of drug-likeness (QED) is 0.855. The molecule has 2 rings (SSSR count). The molecule has 0 fully saturated rings. The number of pyridine rings is 1. The van der Waals surface area contributed by atoms with Crippen LogP contribution in [0.1, 0.15) is 12.8 Å². The Morgan fingerprint density at radius 2 is 2.24 bits per heavy atom. The van der Waals surface area contributed by atoms with E-state index in [0.29, 0.717) is 18.0 Å². The first-order chi connectivity index (χ1) is 8.15. The Hall–Kier alpha value is -1.76. The number of hydrazone groups is 1. The summed E-state index contributed by atoms with van der Waals surface area (Å²) in [6.07, 6.45) is 2.20. The number of hydrogen-bond donors (Lipinski definition) is 2. The Balaban J connectivity index is 2.02. The summed E-state index contributed by atoms with van der Waals surface area (Å²) in [6.45, 7) is 0. The predicted octanol–water partition coefficient (Wildman–Crippen LogP) is 1.05. The SMILES string of the molecule is O=C1CCC(C(=O)Nc2ccc(Br)cn2)=NN1. The molecule has 0 saturated heterocycles. The van der Waals surface area contributed by atoms with Gasteiger partial charge in [-0.3, -0.25) is 9.59 Å². The molecule has 6 nitrogen and oxygen atoms in total. The van der Waals surface area contributed by atoms with Crippen LogP contribution < -0.4 is 10.7 Å². The molecule has 0 saturated carbocycles. The molecular formula is C10H9BrN4O2. The van der Waals surface area contributed by atoms with Gasteiger partial charge in [-0.1, -0.05) is 0 Å². The van der Waals surface area contributed by atoms with Crippen molar-refractivity contribution in [1.29, 1.82) is 0 Å². The minimum atomic E-state index is -0.347. The van der Waals surface area contributed by atoms with E-state index in [4.69, 9.17) is 0 Å². The average molecular weight is 297 g/mol. The van der Waals surface area contributed by atoms with Crippen LogP contribution >= 0.6 is 15.9 Å². The fraction of sp³-hybridized carbons (Fsp3) is 0.200. The monoisotopic (exact) mass is 296 g/mol. The smallest absolute Gasteiger partial charge is 0.273 e. The van der Waals surface area contributed by atoms with Gasteiger partial charge in [-0.15, -0.1) is 0 Å². The van der Waals surface area contributed by atoms with Gasteiger partial charge >= 0.3 is 0 Å². The first kappa shape index (κ1) is 11.7. The highest BCUT2D eigenvalue weighted by Gasteiger charge is 2.18. The lowest BCUT2D eigenvalue weighted by atomic mass is 10.1. The lowest BCUT2D eigenvalue weighted by molar-refractivity contribution is -0.121. The zero-order valence-corrected chi connectivity index (χ0v) is 10.3. The van der Waals surface area contributed by atoms with Crippen molar-refractivity contribution in [2.24, 2.45) is 5.10 Å². The van der Waals surface area contributed by atoms with Crippen LogP contribution in [0.2, 0.25) is 0 Å². The molecule has 2 amide bonds. The molecule has 1 aliphatic rings. The molecule has 0 atom stereocenters. The van der Waals surface area contributed by atoms with Gasteiger partial charge in [0.1, 0.15) is 11.5 Å². The third-order valence-electron chi connectivity index (χ3n) is 2.14. The van der Waals surface area contributed by atoms with E-state index in [1.165, 1.54) is 0 Å². The van der Waals surface area contributed by atoms with Gasteiger partial charge in [-0.05, 0) is 28.1 Å². The summed E-state index contributed by atoms with van der Waals surface area (Å²) in [4.78, 5) is 26.6. The van der Waals surface area contributed by atoms with E-state index >= 15 is 0 Å². The Kier molecular flexibility index (Phi) is 3.48. The molecule has 0 radical (unpaired) electrons. The number of anilines is 1. The van der Waals surface area contributed by atoms with E-state index in [9.17, 15) is 9.59 Å². The van der Waals surface area contributed by atoms with Crippen LogP contribution in [0, 0.1) is 0 Å². The van der Waals surface area contributed by atoms with Crippen molar-refractivity contribution in [3.63, 3.8) is 0 Å². The number of hydrogen-bond acceptors (Lipinski definition) is 4. The Labute approximate surface area is 106 Å². The highest BCUT2D eigenvalue weighted by Crippen LogP contribution is 2.11. The lowest BCUT2D eigenvalue weighted by Crippen LogP contribution is -2.32. The van der Waals surface area contributed by atoms with Gasteiger partial charge in [0, 0.05) is 23.5 Å². The van der Waals surface area contributed by atoms with Crippen molar-refractivity contribution < 1.29 is 9.59 Å². The van der Waals surface area contributed by atoms with Crippen LogP contribution in [0.3, 0.4) is 0 Å². The first-order valence-corrected chi connectivity index (χ1v) is 5.73. The first-order valence-electron chi connectivity index (χ1n) is 4.93. The van der Waals surface area contributed by atoms with Crippen molar-refractivity contribution >= 4 is 39.3 Å². The predicted molar refractivity (Wildman–Crippen MR) is 65.4 cm³/mol. The van der Waals surface area contributed by atoms with Crippen LogP contribution in [0.5, 0.6) is 0 Å². The third kappa shape index (κ3) is 3.10. The Bertz CT molecular complexity index is 484. The van der Waals surface area contributed by atoms with E-state index in [1.807, 2.05) is 0 Å². The number of halogens is 1. The van der Waals surface area contributed by atoms with Crippen LogP contribution in [-0.2, 0) is 9.59 Å². The second-order valence-electron chi connectivity index (χ2n) is 3.41. The molecule has 1 aliphatic heterocycles. The molecule has 88 valence electrons. The summed E-state index contributed by atoms with van der Waals surface area (Å²) >= 11 is 3.25. The zero-order chi connectivity index (χ0) is 12.3. The molecular weight excluding hydrogens is 288 g/mol. The maximum atomic E-state index is 11.7. The minimum Gasteiger partial charge on any atom is -0.305 e. The van der Waals surface area contributed by atoms with Gasteiger partial charge in [0.25, 0.3) is 5.91 Å². The van der Waals surface area contributed by atoms with Crippen molar-refractivity contribution in [2.75, 3.05) is 5.32 Å². The van der Waals surface area contributed by atoms with Crippen LogP contribution in [0.4, 0.5) is 5.82 Å². The van der Waals surface area contributed by atoms with Gasteiger partial charge in [-0.25, -0.2) is 10.4 Å². The van der Waals surface area contributed by atoms with Crippen molar-refractivity contribution in [3.05, 3.63) is 22.8 Å². The summed E-state index contributed by atoms with van der Waals surface area (Å²) in [6, 6.07) is 3.44. The summed E-state index contributed by atoms with van der Waals surface area (Å²) in [7, 11) is 0. The molecule has 2 N–H and O–H groups in total. The molecule has 0 aromatic carbocycles. The maximum Gasteiger partial charge on any atom is 0.273 e. The summed E-state index contributed by atoms with van der Waals surface area (Å²) in [5.41, 5.74) is 2.57. The number of rotatable bonds is 2. The summed E-state index contributed by atoms with van der Waals surface area (Å²) < 4.78 is 0.831. The molecule has 0 bridgehead atoms. The number of nitrogens with zero attached hydrogens (tertiary/aromatic N) is 2. The Morgan fingerprint density at radius 1 is 1.41 bits per heavy atom. The fourth-order valence-corrected chi connectivity index (χ4v) is 1.51. The number of carbonyl (C=O) groups excluding carboxylic acids is 2. The second kappa shape index (κ2) is 5.05. The molecule has 2 heterocycles. The van der Waals surface area contributed by atoms with E-state index in [1.54, 1.807) is 18.3 Å². The second-order valence-corrected chi connectivity index (χ2v) is 4.32. The van der Waals surface area contributed by atoms with E-state index in [2.05, 4.69) is 36.8 Å². The van der Waals surface area contributed by atoms with E-state index in [-0.39, 0.29) is 18.2 Å². The van der Waals surface area contributed by atoms with Crippen LogP contribution in [-0.4, -0.2) is 22.5 Å². The molecule has 0 aliphatic carbocycles. The van der Waals surface area contributed by atoms with Crippen LogP contribution in [0.15, 0.2) is 27.9 Å². The summed E-state index contributed by atoms with van der Waals surface area (Å²) in [5, 5.41) is 6.29. The highest BCUT2D eigenvalue weighted by molar-refractivity contribution is 9.10. The fourth-order valence-electron chi connectivity index (χ4n) is 1.28. The molecule has 1 aromatic heterocycles. The Morgan fingerprint density at radius 3 is 2.82 bits per heavy atom. The normalized spacial score (nSPS) is 14.9. The van der Waals surface area contributed by atoms with Gasteiger partial charge in [-0.2, -0.15) is 5.10 Å². The molecule has 17 heavy (non-hydrogen) atoms. The van der Waals surface area contributed by atoms with E-state index < -0.39 is 0 Å². The molecule has 0 unspecified atom stereocenters.